The summed E-state index contributed by atoms with van der Waals surface area (Å²) in [7, 11) is 1.18. The molecule has 0 fully saturated rings. The van der Waals surface area contributed by atoms with Crippen LogP contribution in [0.25, 0.3) is 0 Å². The number of ether oxygens (including phenoxy) is 2. The number of esters is 1. The van der Waals surface area contributed by atoms with Crippen molar-refractivity contribution in [3.05, 3.63) is 39.4 Å². The number of thioether (sulfide) groups is 1. The van der Waals surface area contributed by atoms with Crippen LogP contribution in [0.15, 0.2) is 28.8 Å². The normalized spacial score (nSPS) is 17.9. The second-order valence-corrected chi connectivity index (χ2v) is 9.62. The lowest BCUT2D eigenvalue weighted by Crippen LogP contribution is -2.45. The molecule has 1 aliphatic heterocycles. The highest BCUT2D eigenvalue weighted by Crippen LogP contribution is 2.42. The standard InChI is InChI=1S/C24H30ClN3O5S/c1-7-33-18-9-8-15(10-17(18)25)20-16(11-26)23(27-22(30)21(20)24(31)32-6)34-12-19(29)28(13(2)3)14(4)5/h8-10,13-14,20-21H,7,12H2,1-6H3,(H,27,30)/t20-,21-/m0/s1. The number of benzene rings is 1. The van der Waals surface area contributed by atoms with E-state index in [9.17, 15) is 19.6 Å². The Labute approximate surface area is 209 Å². The second kappa shape index (κ2) is 12.1. The maximum Gasteiger partial charge on any atom is 0.319 e. The van der Waals surface area contributed by atoms with Crippen LogP contribution in [0.2, 0.25) is 5.02 Å². The highest BCUT2D eigenvalue weighted by molar-refractivity contribution is 8.03. The van der Waals surface area contributed by atoms with Gasteiger partial charge in [-0.1, -0.05) is 29.4 Å². The van der Waals surface area contributed by atoms with E-state index >= 15 is 0 Å². The van der Waals surface area contributed by atoms with Crippen molar-refractivity contribution in [2.24, 2.45) is 5.92 Å². The number of rotatable bonds is 9. The zero-order valence-electron chi connectivity index (χ0n) is 20.2. The number of hydrogen-bond acceptors (Lipinski definition) is 7. The molecule has 0 spiro atoms. The van der Waals surface area contributed by atoms with Gasteiger partial charge in [0, 0.05) is 18.0 Å². The van der Waals surface area contributed by atoms with E-state index in [0.29, 0.717) is 22.9 Å². The number of nitriles is 1. The minimum atomic E-state index is -1.28. The minimum Gasteiger partial charge on any atom is -0.492 e. The molecule has 0 saturated heterocycles. The van der Waals surface area contributed by atoms with Crippen LogP contribution in [0.4, 0.5) is 0 Å². The molecule has 1 heterocycles. The summed E-state index contributed by atoms with van der Waals surface area (Å²) in [5.41, 5.74) is 0.652. The van der Waals surface area contributed by atoms with Crippen LogP contribution in [0, 0.1) is 17.2 Å². The molecule has 0 bridgehead atoms. The number of nitrogens with one attached hydrogen (secondary N) is 1. The van der Waals surface area contributed by atoms with Gasteiger partial charge in [0.15, 0.2) is 0 Å². The topological polar surface area (TPSA) is 109 Å². The lowest BCUT2D eigenvalue weighted by molar-refractivity contribution is -0.150. The van der Waals surface area contributed by atoms with Crippen molar-refractivity contribution in [2.75, 3.05) is 19.5 Å². The summed E-state index contributed by atoms with van der Waals surface area (Å²) in [5, 5.41) is 13.2. The van der Waals surface area contributed by atoms with Crippen molar-refractivity contribution in [1.82, 2.24) is 10.2 Å². The van der Waals surface area contributed by atoms with Crippen LogP contribution >= 0.6 is 23.4 Å². The molecule has 1 aliphatic rings. The molecule has 2 amide bonds. The highest BCUT2D eigenvalue weighted by Gasteiger charge is 2.44. The van der Waals surface area contributed by atoms with Gasteiger partial charge in [0.25, 0.3) is 0 Å². The summed E-state index contributed by atoms with van der Waals surface area (Å²) in [6.45, 7) is 9.95. The van der Waals surface area contributed by atoms with Crippen LogP contribution < -0.4 is 10.1 Å². The van der Waals surface area contributed by atoms with Gasteiger partial charge in [0.05, 0.1) is 41.2 Å². The van der Waals surface area contributed by atoms with Crippen molar-refractivity contribution in [3.63, 3.8) is 0 Å². The van der Waals surface area contributed by atoms with Crippen LogP contribution in [0.1, 0.15) is 46.1 Å². The minimum absolute atomic E-state index is 0.000846. The number of carbonyl (C=O) groups excluding carboxylic acids is 3. The molecule has 2 rings (SSSR count). The molecule has 0 aliphatic carbocycles. The van der Waals surface area contributed by atoms with Crippen molar-refractivity contribution < 1.29 is 23.9 Å². The molecule has 0 unspecified atom stereocenters. The molecule has 0 saturated carbocycles. The molecule has 10 heteroatoms. The summed E-state index contributed by atoms with van der Waals surface area (Å²) < 4.78 is 10.3. The van der Waals surface area contributed by atoms with Crippen molar-refractivity contribution >= 4 is 41.1 Å². The van der Waals surface area contributed by atoms with Crippen LogP contribution in [-0.2, 0) is 19.1 Å². The van der Waals surface area contributed by atoms with Gasteiger partial charge in [0.1, 0.15) is 11.7 Å². The number of carbonyl (C=O) groups is 3. The summed E-state index contributed by atoms with van der Waals surface area (Å²) in [4.78, 5) is 40.1. The molecular formula is C24H30ClN3O5S. The van der Waals surface area contributed by atoms with E-state index in [1.807, 2.05) is 34.6 Å². The van der Waals surface area contributed by atoms with Crippen LogP contribution in [0.5, 0.6) is 5.75 Å². The quantitative estimate of drug-likeness (QED) is 0.399. The zero-order chi connectivity index (χ0) is 25.6. The van der Waals surface area contributed by atoms with Gasteiger partial charge < -0.3 is 19.7 Å². The Morgan fingerprint density at radius 2 is 1.91 bits per heavy atom. The van der Waals surface area contributed by atoms with Crippen molar-refractivity contribution in [1.29, 1.82) is 5.26 Å². The first-order chi connectivity index (χ1) is 16.1. The monoisotopic (exact) mass is 507 g/mol. The third kappa shape index (κ3) is 6.05. The largest absolute Gasteiger partial charge is 0.492 e. The fraction of sp³-hybridized carbons (Fsp3) is 0.500. The van der Waals surface area contributed by atoms with Gasteiger partial charge in [0.2, 0.25) is 11.8 Å². The summed E-state index contributed by atoms with van der Waals surface area (Å²) in [5.74, 6) is -3.24. The molecule has 0 radical (unpaired) electrons. The number of nitrogens with zero attached hydrogens (tertiary/aromatic N) is 2. The van der Waals surface area contributed by atoms with Crippen molar-refractivity contribution in [3.8, 4) is 11.8 Å². The predicted molar refractivity (Wildman–Crippen MR) is 131 cm³/mol. The van der Waals surface area contributed by atoms with E-state index in [1.165, 1.54) is 7.11 Å². The fourth-order valence-electron chi connectivity index (χ4n) is 4.04. The number of amides is 2. The Kier molecular flexibility index (Phi) is 9.83. The predicted octanol–water partition coefficient (Wildman–Crippen LogP) is 3.86. The average Bonchev–Trinajstić information content (AvgIpc) is 2.77. The molecule has 2 atom stereocenters. The molecule has 1 aromatic rings. The summed E-state index contributed by atoms with van der Waals surface area (Å²) in [6.07, 6.45) is 0. The van der Waals surface area contributed by atoms with Gasteiger partial charge in [-0.25, -0.2) is 0 Å². The van der Waals surface area contributed by atoms with Gasteiger partial charge >= 0.3 is 5.97 Å². The molecular weight excluding hydrogens is 478 g/mol. The first kappa shape index (κ1) is 27.5. The number of methoxy groups -OCH3 is 1. The maximum atomic E-state index is 13.0. The summed E-state index contributed by atoms with van der Waals surface area (Å²) >= 11 is 7.42. The van der Waals surface area contributed by atoms with Crippen LogP contribution in [-0.4, -0.2) is 54.2 Å². The third-order valence-electron chi connectivity index (χ3n) is 5.34. The van der Waals surface area contributed by atoms with Gasteiger partial charge in [-0.3, -0.25) is 14.4 Å². The van der Waals surface area contributed by atoms with E-state index in [4.69, 9.17) is 21.1 Å². The van der Waals surface area contributed by atoms with Crippen LogP contribution in [0.3, 0.4) is 0 Å². The lowest BCUT2D eigenvalue weighted by Gasteiger charge is -2.32. The fourth-order valence-corrected chi connectivity index (χ4v) is 5.20. The average molecular weight is 508 g/mol. The number of allylic oxidation sites excluding steroid dienone is 1. The highest BCUT2D eigenvalue weighted by atomic mass is 35.5. The lowest BCUT2D eigenvalue weighted by atomic mass is 9.78. The Morgan fingerprint density at radius 1 is 1.26 bits per heavy atom. The second-order valence-electron chi connectivity index (χ2n) is 8.22. The Balaban J connectivity index is 2.50. The molecule has 0 aromatic heterocycles. The SMILES string of the molecule is CCOc1ccc([C@H]2C(C#N)=C(SCC(=O)N(C(C)C)C(C)C)NC(=O)[C@H]2C(=O)OC)cc1Cl. The first-order valence-electron chi connectivity index (χ1n) is 11.0. The van der Waals surface area contributed by atoms with E-state index in [-0.39, 0.29) is 34.3 Å². The molecule has 1 N–H and O–H groups in total. The number of hydrogen-bond donors (Lipinski definition) is 1. The van der Waals surface area contributed by atoms with E-state index in [2.05, 4.69) is 11.4 Å². The van der Waals surface area contributed by atoms with Gasteiger partial charge in [-0.05, 0) is 52.3 Å². The Hall–Kier alpha value is -2.70. The van der Waals surface area contributed by atoms with E-state index in [1.54, 1.807) is 23.1 Å². The number of halogens is 1. The molecule has 184 valence electrons. The molecule has 1 aromatic carbocycles. The third-order valence-corrected chi connectivity index (χ3v) is 6.64. The zero-order valence-corrected chi connectivity index (χ0v) is 21.7. The smallest absolute Gasteiger partial charge is 0.319 e. The van der Waals surface area contributed by atoms with E-state index < -0.39 is 23.7 Å². The Morgan fingerprint density at radius 3 is 2.41 bits per heavy atom. The molecule has 8 nitrogen and oxygen atoms in total. The van der Waals surface area contributed by atoms with Gasteiger partial charge in [-0.15, -0.1) is 0 Å². The first-order valence-corrected chi connectivity index (χ1v) is 12.3. The Bertz CT molecular complexity index is 1010. The van der Waals surface area contributed by atoms with E-state index in [0.717, 1.165) is 11.8 Å². The van der Waals surface area contributed by atoms with Crippen molar-refractivity contribution in [2.45, 2.75) is 52.6 Å². The van der Waals surface area contributed by atoms with Gasteiger partial charge in [-0.2, -0.15) is 5.26 Å². The summed E-state index contributed by atoms with van der Waals surface area (Å²) in [6, 6.07) is 7.01. The maximum absolute atomic E-state index is 13.0. The molecule has 34 heavy (non-hydrogen) atoms.